The molecule has 2 aromatic carbocycles. The van der Waals surface area contributed by atoms with Crippen LogP contribution < -0.4 is 14.2 Å². The van der Waals surface area contributed by atoms with Gasteiger partial charge in [-0.1, -0.05) is 22.0 Å². The Morgan fingerprint density at radius 1 is 1.03 bits per heavy atom. The van der Waals surface area contributed by atoms with Crippen LogP contribution in [0.15, 0.2) is 51.8 Å². The van der Waals surface area contributed by atoms with Gasteiger partial charge in [0.25, 0.3) is 0 Å². The number of piperazine rings is 1. The minimum absolute atomic E-state index is 0.0941. The molecule has 4 rings (SSSR count). The van der Waals surface area contributed by atoms with Crippen molar-refractivity contribution in [3.05, 3.63) is 52.5 Å². The van der Waals surface area contributed by atoms with Crippen molar-refractivity contribution in [2.45, 2.75) is 10.9 Å². The molecule has 2 heterocycles. The van der Waals surface area contributed by atoms with Crippen LogP contribution >= 0.6 is 15.9 Å². The topological polar surface area (TPSA) is 71.1 Å². The highest BCUT2D eigenvalue weighted by molar-refractivity contribution is 9.10. The quantitative estimate of drug-likeness (QED) is 0.683. The van der Waals surface area contributed by atoms with Gasteiger partial charge in [-0.3, -0.25) is 4.90 Å². The Morgan fingerprint density at radius 3 is 2.45 bits per heavy atom. The van der Waals surface area contributed by atoms with Gasteiger partial charge in [-0.2, -0.15) is 0 Å². The fourth-order valence-electron chi connectivity index (χ4n) is 3.60. The van der Waals surface area contributed by atoms with Crippen molar-refractivity contribution >= 4 is 26.0 Å². The molecule has 2 aliphatic rings. The maximum absolute atomic E-state index is 12.8. The van der Waals surface area contributed by atoms with Gasteiger partial charge in [0.05, 0.1) is 4.90 Å². The Kier molecular flexibility index (Phi) is 6.12. The summed E-state index contributed by atoms with van der Waals surface area (Å²) in [5.74, 6) is 1.43. The molecule has 0 bridgehead atoms. The fourth-order valence-corrected chi connectivity index (χ4v) is 4.90. The first-order valence-corrected chi connectivity index (χ1v) is 11.8. The van der Waals surface area contributed by atoms with Crippen molar-refractivity contribution in [2.24, 2.45) is 0 Å². The Hall–Kier alpha value is -1.65. The number of likely N-dealkylation sites (N-methyl/N-ethyl adjacent to an activating group) is 1. The lowest BCUT2D eigenvalue weighted by Crippen LogP contribution is -2.48. The Bertz CT molecular complexity index is 960. The summed E-state index contributed by atoms with van der Waals surface area (Å²) in [6, 6.07) is 12.4. The zero-order valence-corrected chi connectivity index (χ0v) is 18.6. The lowest BCUT2D eigenvalue weighted by Gasteiger charge is -2.38. The summed E-state index contributed by atoms with van der Waals surface area (Å²) in [4.78, 5) is 4.85. The second-order valence-electron chi connectivity index (χ2n) is 7.27. The van der Waals surface area contributed by atoms with E-state index in [1.54, 1.807) is 24.3 Å². The second kappa shape index (κ2) is 8.61. The van der Waals surface area contributed by atoms with E-state index in [-0.39, 0.29) is 24.3 Å². The van der Waals surface area contributed by atoms with E-state index in [2.05, 4.69) is 37.5 Å². The molecule has 0 amide bonds. The van der Waals surface area contributed by atoms with Crippen LogP contribution in [-0.2, 0) is 10.0 Å². The number of hydrogen-bond acceptors (Lipinski definition) is 6. The molecule has 2 aliphatic heterocycles. The normalized spacial score (nSPS) is 18.7. The van der Waals surface area contributed by atoms with Gasteiger partial charge in [-0.05, 0) is 49.0 Å². The molecule has 2 aromatic rings. The SMILES string of the molecule is CN1CCN([C@H](CNS(=O)(=O)c2ccc(Br)cc2)c2ccc3c(c2)OCO3)CC1. The molecular formula is C20H24BrN3O4S. The zero-order chi connectivity index (χ0) is 20.4. The van der Waals surface area contributed by atoms with Crippen molar-refractivity contribution in [1.82, 2.24) is 14.5 Å². The van der Waals surface area contributed by atoms with Gasteiger partial charge in [0, 0.05) is 43.2 Å². The van der Waals surface area contributed by atoms with E-state index in [1.807, 2.05) is 18.2 Å². The Labute approximate surface area is 179 Å². The molecule has 0 radical (unpaired) electrons. The third-order valence-corrected chi connectivity index (χ3v) is 7.32. The first-order valence-electron chi connectivity index (χ1n) is 9.50. The third kappa shape index (κ3) is 4.75. The van der Waals surface area contributed by atoms with Crippen LogP contribution in [0.3, 0.4) is 0 Å². The number of rotatable bonds is 6. The highest BCUT2D eigenvalue weighted by Gasteiger charge is 2.27. The van der Waals surface area contributed by atoms with Crippen molar-refractivity contribution in [2.75, 3.05) is 46.6 Å². The number of fused-ring (bicyclic) bond motifs is 1. The van der Waals surface area contributed by atoms with Gasteiger partial charge in [-0.15, -0.1) is 0 Å². The predicted octanol–water partition coefficient (Wildman–Crippen LogP) is 2.44. The summed E-state index contributed by atoms with van der Waals surface area (Å²) < 4.78 is 40.2. The molecule has 156 valence electrons. The van der Waals surface area contributed by atoms with E-state index in [4.69, 9.17) is 9.47 Å². The number of halogens is 1. The van der Waals surface area contributed by atoms with Crippen molar-refractivity contribution in [1.29, 1.82) is 0 Å². The molecule has 0 aromatic heterocycles. The van der Waals surface area contributed by atoms with Gasteiger partial charge in [0.2, 0.25) is 16.8 Å². The van der Waals surface area contributed by atoms with E-state index in [0.717, 1.165) is 42.0 Å². The number of hydrogen-bond donors (Lipinski definition) is 1. The lowest BCUT2D eigenvalue weighted by molar-refractivity contribution is 0.112. The Balaban J connectivity index is 1.56. The molecule has 1 atom stereocenters. The van der Waals surface area contributed by atoms with Gasteiger partial charge in [0.1, 0.15) is 0 Å². The van der Waals surface area contributed by atoms with Crippen molar-refractivity contribution < 1.29 is 17.9 Å². The smallest absolute Gasteiger partial charge is 0.240 e. The van der Waals surface area contributed by atoms with Crippen LogP contribution in [-0.4, -0.2) is 64.8 Å². The summed E-state index contributed by atoms with van der Waals surface area (Å²) in [5, 5.41) is 0. The molecule has 0 spiro atoms. The standard InChI is InChI=1S/C20H24BrN3O4S/c1-23-8-10-24(11-9-23)18(15-2-7-19-20(12-15)28-14-27-19)13-22-29(25,26)17-5-3-16(21)4-6-17/h2-7,12,18,22H,8-11,13-14H2,1H3/t18-/m1/s1. The third-order valence-electron chi connectivity index (χ3n) is 5.35. The van der Waals surface area contributed by atoms with Gasteiger partial charge >= 0.3 is 0 Å². The molecular weight excluding hydrogens is 458 g/mol. The average molecular weight is 482 g/mol. The zero-order valence-electron chi connectivity index (χ0n) is 16.2. The minimum atomic E-state index is -3.60. The summed E-state index contributed by atoms with van der Waals surface area (Å²) in [5.41, 5.74) is 1.01. The molecule has 0 aliphatic carbocycles. The molecule has 9 heteroatoms. The summed E-state index contributed by atoms with van der Waals surface area (Å²) >= 11 is 3.34. The van der Waals surface area contributed by atoms with Crippen LogP contribution in [0.4, 0.5) is 0 Å². The molecule has 7 nitrogen and oxygen atoms in total. The van der Waals surface area contributed by atoms with Gasteiger partial charge < -0.3 is 14.4 Å². The van der Waals surface area contributed by atoms with E-state index >= 15 is 0 Å². The van der Waals surface area contributed by atoms with Crippen LogP contribution in [0.25, 0.3) is 0 Å². The summed E-state index contributed by atoms with van der Waals surface area (Å²) in [7, 11) is -1.50. The fraction of sp³-hybridized carbons (Fsp3) is 0.400. The van der Waals surface area contributed by atoms with Crippen LogP contribution in [0, 0.1) is 0 Å². The van der Waals surface area contributed by atoms with Crippen molar-refractivity contribution in [3.63, 3.8) is 0 Å². The number of sulfonamides is 1. The summed E-state index contributed by atoms with van der Waals surface area (Å²) in [6.07, 6.45) is 0. The van der Waals surface area contributed by atoms with Crippen LogP contribution in [0.5, 0.6) is 11.5 Å². The van der Waals surface area contributed by atoms with Gasteiger partial charge in [-0.25, -0.2) is 13.1 Å². The minimum Gasteiger partial charge on any atom is -0.454 e. The Morgan fingerprint density at radius 2 is 1.72 bits per heavy atom. The average Bonchev–Trinajstić information content (AvgIpc) is 3.18. The van der Waals surface area contributed by atoms with Crippen LogP contribution in [0.1, 0.15) is 11.6 Å². The molecule has 29 heavy (non-hydrogen) atoms. The first-order chi connectivity index (χ1) is 13.9. The monoisotopic (exact) mass is 481 g/mol. The van der Waals surface area contributed by atoms with Gasteiger partial charge in [0.15, 0.2) is 11.5 Å². The molecule has 1 saturated heterocycles. The van der Waals surface area contributed by atoms with Crippen LogP contribution in [0.2, 0.25) is 0 Å². The van der Waals surface area contributed by atoms with E-state index in [0.29, 0.717) is 5.75 Å². The maximum Gasteiger partial charge on any atom is 0.240 e. The summed E-state index contributed by atoms with van der Waals surface area (Å²) in [6.45, 7) is 4.13. The molecule has 0 unspecified atom stereocenters. The molecule has 1 fully saturated rings. The van der Waals surface area contributed by atoms with E-state index in [9.17, 15) is 8.42 Å². The highest BCUT2D eigenvalue weighted by Crippen LogP contribution is 2.35. The number of nitrogens with one attached hydrogen (secondary N) is 1. The maximum atomic E-state index is 12.8. The number of benzene rings is 2. The molecule has 0 saturated carbocycles. The van der Waals surface area contributed by atoms with Crippen molar-refractivity contribution in [3.8, 4) is 11.5 Å². The van der Waals surface area contributed by atoms with E-state index in [1.165, 1.54) is 0 Å². The number of ether oxygens (including phenoxy) is 2. The number of nitrogens with zero attached hydrogens (tertiary/aromatic N) is 2. The second-order valence-corrected chi connectivity index (χ2v) is 9.96. The highest BCUT2D eigenvalue weighted by atomic mass is 79.9. The largest absolute Gasteiger partial charge is 0.454 e. The lowest BCUT2D eigenvalue weighted by atomic mass is 10.0. The molecule has 1 N–H and O–H groups in total. The predicted molar refractivity (Wildman–Crippen MR) is 114 cm³/mol. The van der Waals surface area contributed by atoms with E-state index < -0.39 is 10.0 Å². The first kappa shape index (κ1) is 20.6.